The van der Waals surface area contributed by atoms with E-state index >= 15 is 0 Å². The Morgan fingerprint density at radius 1 is 1.26 bits per heavy atom. The smallest absolute Gasteiger partial charge is 0.322 e. The first-order valence-electron chi connectivity index (χ1n) is 5.28. The molecule has 2 aromatic rings. The van der Waals surface area contributed by atoms with E-state index in [0.717, 1.165) is 12.1 Å². The van der Waals surface area contributed by atoms with Crippen molar-refractivity contribution in [3.05, 3.63) is 47.3 Å². The summed E-state index contributed by atoms with van der Waals surface area (Å²) in [5, 5.41) is 7.29. The maximum absolute atomic E-state index is 13.4. The number of nitrogen functional groups attached to an aromatic ring is 1. The topological polar surface area (TPSA) is 84.9 Å². The van der Waals surface area contributed by atoms with Crippen molar-refractivity contribution in [2.45, 2.75) is 6.92 Å². The molecule has 0 aliphatic carbocycles. The molecule has 98 valence electrons. The maximum atomic E-state index is 13.4. The standard InChI is InChI=1S/C12H10F2N4O/c1-6-4-9(11(15)16)18-12(17-6)19-10-3-2-7(13)5-8(10)14/h2-5H,1H3,(H3,15,16). The second-order valence-corrected chi connectivity index (χ2v) is 3.77. The van der Waals surface area contributed by atoms with E-state index in [1.165, 1.54) is 6.07 Å². The highest BCUT2D eigenvalue weighted by atomic mass is 19.1. The van der Waals surface area contributed by atoms with E-state index in [1.807, 2.05) is 0 Å². The molecule has 0 unspecified atom stereocenters. The van der Waals surface area contributed by atoms with Gasteiger partial charge in [0, 0.05) is 11.8 Å². The van der Waals surface area contributed by atoms with Crippen molar-refractivity contribution in [1.82, 2.24) is 9.97 Å². The highest BCUT2D eigenvalue weighted by Gasteiger charge is 2.10. The SMILES string of the molecule is Cc1cc(C(=N)N)nc(Oc2ccc(F)cc2F)n1. The minimum atomic E-state index is -0.866. The molecule has 0 aliphatic rings. The van der Waals surface area contributed by atoms with Gasteiger partial charge in [0.15, 0.2) is 11.6 Å². The summed E-state index contributed by atoms with van der Waals surface area (Å²) < 4.78 is 31.3. The third kappa shape index (κ3) is 3.01. The third-order valence-electron chi connectivity index (χ3n) is 2.20. The van der Waals surface area contributed by atoms with E-state index in [4.69, 9.17) is 15.9 Å². The number of nitrogens with zero attached hydrogens (tertiary/aromatic N) is 2. The van der Waals surface area contributed by atoms with Gasteiger partial charge in [0.25, 0.3) is 0 Å². The number of rotatable bonds is 3. The van der Waals surface area contributed by atoms with Crippen LogP contribution in [0.5, 0.6) is 11.8 Å². The fourth-order valence-electron chi connectivity index (χ4n) is 1.38. The summed E-state index contributed by atoms with van der Waals surface area (Å²) >= 11 is 0. The predicted octanol–water partition coefficient (Wildman–Crippen LogP) is 2.14. The van der Waals surface area contributed by atoms with Gasteiger partial charge in [-0.15, -0.1) is 0 Å². The van der Waals surface area contributed by atoms with Gasteiger partial charge in [-0.05, 0) is 25.1 Å². The normalized spacial score (nSPS) is 10.3. The number of benzene rings is 1. The van der Waals surface area contributed by atoms with E-state index in [2.05, 4.69) is 9.97 Å². The number of nitrogens with one attached hydrogen (secondary N) is 1. The van der Waals surface area contributed by atoms with Gasteiger partial charge >= 0.3 is 6.01 Å². The van der Waals surface area contributed by atoms with Gasteiger partial charge in [-0.1, -0.05) is 0 Å². The molecule has 1 heterocycles. The van der Waals surface area contributed by atoms with Crippen LogP contribution >= 0.6 is 0 Å². The van der Waals surface area contributed by atoms with Crippen LogP contribution in [0.3, 0.4) is 0 Å². The third-order valence-corrected chi connectivity index (χ3v) is 2.20. The Morgan fingerprint density at radius 3 is 2.63 bits per heavy atom. The molecule has 0 spiro atoms. The zero-order chi connectivity index (χ0) is 14.0. The van der Waals surface area contributed by atoms with Gasteiger partial charge in [0.1, 0.15) is 17.3 Å². The highest BCUT2D eigenvalue weighted by Crippen LogP contribution is 2.22. The molecular formula is C12H10F2N4O. The van der Waals surface area contributed by atoms with E-state index in [9.17, 15) is 8.78 Å². The molecule has 0 aliphatic heterocycles. The Morgan fingerprint density at radius 2 is 2.00 bits per heavy atom. The number of aromatic nitrogens is 2. The van der Waals surface area contributed by atoms with Crippen LogP contribution in [0.15, 0.2) is 24.3 Å². The lowest BCUT2D eigenvalue weighted by atomic mass is 10.3. The van der Waals surface area contributed by atoms with E-state index < -0.39 is 11.6 Å². The first-order chi connectivity index (χ1) is 8.95. The minimum Gasteiger partial charge on any atom is -0.421 e. The molecule has 0 atom stereocenters. The summed E-state index contributed by atoms with van der Waals surface area (Å²) in [7, 11) is 0. The van der Waals surface area contributed by atoms with Crippen LogP contribution in [0.25, 0.3) is 0 Å². The predicted molar refractivity (Wildman–Crippen MR) is 64.2 cm³/mol. The van der Waals surface area contributed by atoms with Crippen LogP contribution < -0.4 is 10.5 Å². The molecule has 0 saturated carbocycles. The number of hydrogen-bond acceptors (Lipinski definition) is 4. The van der Waals surface area contributed by atoms with E-state index in [0.29, 0.717) is 11.8 Å². The molecule has 1 aromatic heterocycles. The van der Waals surface area contributed by atoms with Crippen molar-refractivity contribution in [3.63, 3.8) is 0 Å². The minimum absolute atomic E-state index is 0.157. The van der Waals surface area contributed by atoms with Crippen molar-refractivity contribution >= 4 is 5.84 Å². The van der Waals surface area contributed by atoms with Crippen LogP contribution in [0, 0.1) is 24.0 Å². The van der Waals surface area contributed by atoms with Crippen molar-refractivity contribution < 1.29 is 13.5 Å². The molecule has 3 N–H and O–H groups in total. The Labute approximate surface area is 107 Å². The zero-order valence-corrected chi connectivity index (χ0v) is 9.95. The molecule has 5 nitrogen and oxygen atoms in total. The molecule has 2 rings (SSSR count). The van der Waals surface area contributed by atoms with Crippen LogP contribution in [0.1, 0.15) is 11.4 Å². The highest BCUT2D eigenvalue weighted by molar-refractivity contribution is 5.93. The lowest BCUT2D eigenvalue weighted by molar-refractivity contribution is 0.406. The van der Waals surface area contributed by atoms with Crippen molar-refractivity contribution in [2.75, 3.05) is 0 Å². The number of amidine groups is 1. The van der Waals surface area contributed by atoms with Crippen LogP contribution in [-0.2, 0) is 0 Å². The second-order valence-electron chi connectivity index (χ2n) is 3.77. The quantitative estimate of drug-likeness (QED) is 0.657. The molecule has 19 heavy (non-hydrogen) atoms. The average Bonchev–Trinajstić information content (AvgIpc) is 2.32. The van der Waals surface area contributed by atoms with Gasteiger partial charge in [-0.2, -0.15) is 4.98 Å². The molecule has 0 radical (unpaired) electrons. The van der Waals surface area contributed by atoms with Crippen LogP contribution in [-0.4, -0.2) is 15.8 Å². The first kappa shape index (κ1) is 12.9. The Balaban J connectivity index is 2.35. The summed E-state index contributed by atoms with van der Waals surface area (Å²) in [6, 6.07) is 4.22. The van der Waals surface area contributed by atoms with Gasteiger partial charge in [-0.25, -0.2) is 13.8 Å². The number of hydrogen-bond donors (Lipinski definition) is 2. The summed E-state index contributed by atoms with van der Waals surface area (Å²) in [6.45, 7) is 1.65. The molecule has 0 bridgehead atoms. The van der Waals surface area contributed by atoms with Crippen molar-refractivity contribution in [1.29, 1.82) is 5.41 Å². The van der Waals surface area contributed by atoms with Gasteiger partial charge < -0.3 is 10.5 Å². The van der Waals surface area contributed by atoms with E-state index in [-0.39, 0.29) is 23.3 Å². The number of ether oxygens (including phenoxy) is 1. The molecule has 0 amide bonds. The largest absolute Gasteiger partial charge is 0.421 e. The molecule has 1 aromatic carbocycles. The van der Waals surface area contributed by atoms with E-state index in [1.54, 1.807) is 6.92 Å². The molecular weight excluding hydrogens is 254 g/mol. The molecule has 0 saturated heterocycles. The number of nitrogens with two attached hydrogens (primary N) is 1. The molecule has 7 heteroatoms. The lowest BCUT2D eigenvalue weighted by Gasteiger charge is -2.07. The summed E-state index contributed by atoms with van der Waals surface area (Å²) in [5.74, 6) is -2.04. The number of aryl methyl sites for hydroxylation is 1. The summed E-state index contributed by atoms with van der Waals surface area (Å²) in [4.78, 5) is 7.78. The van der Waals surface area contributed by atoms with Crippen LogP contribution in [0.4, 0.5) is 8.78 Å². The molecule has 0 fully saturated rings. The van der Waals surface area contributed by atoms with Gasteiger partial charge in [0.05, 0.1) is 0 Å². The summed E-state index contributed by atoms with van der Waals surface area (Å²) in [5.41, 5.74) is 5.99. The fourth-order valence-corrected chi connectivity index (χ4v) is 1.38. The first-order valence-corrected chi connectivity index (χ1v) is 5.28. The van der Waals surface area contributed by atoms with Crippen LogP contribution in [0.2, 0.25) is 0 Å². The second kappa shape index (κ2) is 4.97. The monoisotopic (exact) mass is 264 g/mol. The summed E-state index contributed by atoms with van der Waals surface area (Å²) in [6.07, 6.45) is 0. The van der Waals surface area contributed by atoms with Gasteiger partial charge in [0.2, 0.25) is 0 Å². The number of halogens is 2. The maximum Gasteiger partial charge on any atom is 0.322 e. The van der Waals surface area contributed by atoms with Crippen molar-refractivity contribution in [2.24, 2.45) is 5.73 Å². The average molecular weight is 264 g/mol. The Kier molecular flexibility index (Phi) is 3.37. The fraction of sp³-hybridized carbons (Fsp3) is 0.0833. The Bertz CT molecular complexity index is 646. The lowest BCUT2D eigenvalue weighted by Crippen LogP contribution is -2.14. The Hall–Kier alpha value is -2.57. The van der Waals surface area contributed by atoms with Gasteiger partial charge in [-0.3, -0.25) is 5.41 Å². The zero-order valence-electron chi connectivity index (χ0n) is 9.95. The van der Waals surface area contributed by atoms with Crippen molar-refractivity contribution in [3.8, 4) is 11.8 Å².